The second-order valence-electron chi connectivity index (χ2n) is 4.27. The summed E-state index contributed by atoms with van der Waals surface area (Å²) in [6, 6.07) is 10.6. The third-order valence-corrected chi connectivity index (χ3v) is 4.30. The van der Waals surface area contributed by atoms with Crippen LogP contribution in [-0.4, -0.2) is 9.95 Å². The molecule has 1 aromatic rings. The summed E-state index contributed by atoms with van der Waals surface area (Å²) in [5.74, 6) is 1.20. The molecule has 94 valence electrons. The van der Waals surface area contributed by atoms with Gasteiger partial charge in [-0.3, -0.25) is 0 Å². The molecular weight excluding hydrogens is 244 g/mol. The highest BCUT2D eigenvalue weighted by Crippen LogP contribution is 2.14. The number of thiocarbonyl (C=S) groups is 1. The van der Waals surface area contributed by atoms with Crippen LogP contribution in [0.15, 0.2) is 30.3 Å². The molecule has 0 fully saturated rings. The van der Waals surface area contributed by atoms with E-state index in [1.807, 2.05) is 11.8 Å². The van der Waals surface area contributed by atoms with Crippen LogP contribution in [0.4, 0.5) is 0 Å². The molecule has 2 heteroatoms. The van der Waals surface area contributed by atoms with Crippen molar-refractivity contribution in [3.05, 3.63) is 35.9 Å². The third kappa shape index (κ3) is 7.56. The smallest absolute Gasteiger partial charge is 0.0481 e. The second kappa shape index (κ2) is 9.67. The maximum Gasteiger partial charge on any atom is 0.0481 e. The average molecular weight is 266 g/mol. The molecule has 17 heavy (non-hydrogen) atoms. The summed E-state index contributed by atoms with van der Waals surface area (Å²) in [6.07, 6.45) is 7.45. The molecule has 0 heterocycles. The van der Waals surface area contributed by atoms with Gasteiger partial charge in [0.25, 0.3) is 0 Å². The Balaban J connectivity index is 2.05. The predicted molar refractivity (Wildman–Crippen MR) is 84.0 cm³/mol. The predicted octanol–water partition coefficient (Wildman–Crippen LogP) is 5.26. The van der Waals surface area contributed by atoms with E-state index in [0.29, 0.717) is 0 Å². The van der Waals surface area contributed by atoms with Gasteiger partial charge in [-0.15, -0.1) is 11.8 Å². The highest BCUT2D eigenvalue weighted by molar-refractivity contribution is 8.23. The summed E-state index contributed by atoms with van der Waals surface area (Å²) < 4.78 is 1.17. The van der Waals surface area contributed by atoms with E-state index in [0.717, 1.165) is 12.8 Å². The maximum atomic E-state index is 5.39. The Morgan fingerprint density at radius 1 is 1.12 bits per heavy atom. The van der Waals surface area contributed by atoms with Crippen LogP contribution in [0.2, 0.25) is 0 Å². The van der Waals surface area contributed by atoms with Crippen LogP contribution >= 0.6 is 24.0 Å². The molecule has 0 amide bonds. The topological polar surface area (TPSA) is 0 Å². The normalized spacial score (nSPS) is 10.4. The van der Waals surface area contributed by atoms with Crippen molar-refractivity contribution in [3.63, 3.8) is 0 Å². The highest BCUT2D eigenvalue weighted by Gasteiger charge is 1.99. The van der Waals surface area contributed by atoms with Gasteiger partial charge in [-0.05, 0) is 30.6 Å². The fourth-order valence-electron chi connectivity index (χ4n) is 1.68. The third-order valence-electron chi connectivity index (χ3n) is 2.72. The SMILES string of the molecule is CCCCCCSC(=S)CCc1ccccc1. The molecule has 0 saturated carbocycles. The van der Waals surface area contributed by atoms with Gasteiger partial charge in [0.05, 0.1) is 0 Å². The first-order valence-corrected chi connectivity index (χ1v) is 7.92. The van der Waals surface area contributed by atoms with Crippen LogP contribution in [0, 0.1) is 0 Å². The van der Waals surface area contributed by atoms with E-state index >= 15 is 0 Å². The van der Waals surface area contributed by atoms with Crippen molar-refractivity contribution in [1.82, 2.24) is 0 Å². The molecule has 0 saturated heterocycles. The number of hydrogen-bond acceptors (Lipinski definition) is 2. The molecule has 0 radical (unpaired) electrons. The van der Waals surface area contributed by atoms with Crippen LogP contribution < -0.4 is 0 Å². The van der Waals surface area contributed by atoms with Crippen LogP contribution in [0.3, 0.4) is 0 Å². The molecule has 0 aromatic heterocycles. The van der Waals surface area contributed by atoms with Crippen LogP contribution in [0.5, 0.6) is 0 Å². The van der Waals surface area contributed by atoms with Crippen molar-refractivity contribution in [2.24, 2.45) is 0 Å². The van der Waals surface area contributed by atoms with E-state index in [1.54, 1.807) is 0 Å². The van der Waals surface area contributed by atoms with Gasteiger partial charge in [0.15, 0.2) is 0 Å². The maximum absolute atomic E-state index is 5.39. The van der Waals surface area contributed by atoms with E-state index in [9.17, 15) is 0 Å². The minimum Gasteiger partial charge on any atom is -0.119 e. The highest BCUT2D eigenvalue weighted by atomic mass is 32.2. The summed E-state index contributed by atoms with van der Waals surface area (Å²) in [4.78, 5) is 0. The van der Waals surface area contributed by atoms with E-state index in [2.05, 4.69) is 37.3 Å². The molecule has 0 spiro atoms. The Bertz CT molecular complexity index is 306. The van der Waals surface area contributed by atoms with Crippen LogP contribution in [0.25, 0.3) is 0 Å². The zero-order chi connectivity index (χ0) is 12.3. The van der Waals surface area contributed by atoms with E-state index in [4.69, 9.17) is 12.2 Å². The molecule has 0 nitrogen and oxygen atoms in total. The Morgan fingerprint density at radius 3 is 2.59 bits per heavy atom. The zero-order valence-corrected chi connectivity index (χ0v) is 12.3. The Morgan fingerprint density at radius 2 is 1.88 bits per heavy atom. The fraction of sp³-hybridized carbons (Fsp3) is 0.533. The van der Waals surface area contributed by atoms with Crippen molar-refractivity contribution < 1.29 is 0 Å². The summed E-state index contributed by atoms with van der Waals surface area (Å²) in [5, 5.41) is 0. The molecule has 0 bridgehead atoms. The quantitative estimate of drug-likeness (QED) is 0.465. The van der Waals surface area contributed by atoms with Crippen molar-refractivity contribution in [3.8, 4) is 0 Å². The lowest BCUT2D eigenvalue weighted by Crippen LogP contribution is -1.94. The number of rotatable bonds is 8. The lowest BCUT2D eigenvalue weighted by Gasteiger charge is -2.04. The lowest BCUT2D eigenvalue weighted by molar-refractivity contribution is 0.707. The summed E-state index contributed by atoms with van der Waals surface area (Å²) >= 11 is 7.27. The summed E-state index contributed by atoms with van der Waals surface area (Å²) in [6.45, 7) is 2.25. The molecule has 0 aliphatic rings. The fourth-order valence-corrected chi connectivity index (χ4v) is 2.85. The number of aryl methyl sites for hydroxylation is 1. The van der Waals surface area contributed by atoms with Crippen LogP contribution in [-0.2, 0) is 6.42 Å². The van der Waals surface area contributed by atoms with Gasteiger partial charge in [0.1, 0.15) is 0 Å². The molecule has 0 aliphatic carbocycles. The van der Waals surface area contributed by atoms with E-state index in [-0.39, 0.29) is 0 Å². The van der Waals surface area contributed by atoms with Gasteiger partial charge in [-0.2, -0.15) is 0 Å². The Kier molecular flexibility index (Phi) is 8.37. The number of unbranched alkanes of at least 4 members (excludes halogenated alkanes) is 3. The molecule has 0 unspecified atom stereocenters. The van der Waals surface area contributed by atoms with Crippen molar-refractivity contribution in [2.75, 3.05) is 5.75 Å². The monoisotopic (exact) mass is 266 g/mol. The average Bonchev–Trinajstić information content (AvgIpc) is 2.37. The number of benzene rings is 1. The second-order valence-corrected chi connectivity index (χ2v) is 6.21. The van der Waals surface area contributed by atoms with Crippen molar-refractivity contribution in [1.29, 1.82) is 0 Å². The molecule has 0 aliphatic heterocycles. The molecule has 0 atom stereocenters. The van der Waals surface area contributed by atoms with E-state index < -0.39 is 0 Å². The zero-order valence-electron chi connectivity index (χ0n) is 10.7. The first-order chi connectivity index (χ1) is 8.33. The minimum absolute atomic E-state index is 1.04. The Hall–Kier alpha value is -0.340. The van der Waals surface area contributed by atoms with Crippen molar-refractivity contribution >= 4 is 28.2 Å². The minimum atomic E-state index is 1.04. The Labute approximate surface area is 115 Å². The molecule has 1 aromatic carbocycles. The number of thioether (sulfide) groups is 1. The van der Waals surface area contributed by atoms with Crippen molar-refractivity contribution in [2.45, 2.75) is 45.4 Å². The first kappa shape index (κ1) is 14.7. The first-order valence-electron chi connectivity index (χ1n) is 6.52. The van der Waals surface area contributed by atoms with Gasteiger partial charge in [-0.1, -0.05) is 68.7 Å². The van der Waals surface area contributed by atoms with Gasteiger partial charge >= 0.3 is 0 Å². The lowest BCUT2D eigenvalue weighted by atomic mass is 10.1. The van der Waals surface area contributed by atoms with Gasteiger partial charge < -0.3 is 0 Å². The van der Waals surface area contributed by atoms with Gasteiger partial charge in [0, 0.05) is 4.20 Å². The largest absolute Gasteiger partial charge is 0.119 e. The van der Waals surface area contributed by atoms with Gasteiger partial charge in [0.2, 0.25) is 0 Å². The summed E-state index contributed by atoms with van der Waals surface area (Å²) in [5.41, 5.74) is 1.39. The molecule has 0 N–H and O–H groups in total. The molecular formula is C15H22S2. The summed E-state index contributed by atoms with van der Waals surface area (Å²) in [7, 11) is 0. The van der Waals surface area contributed by atoms with E-state index in [1.165, 1.54) is 41.2 Å². The standard InChI is InChI=1S/C15H22S2/c1-2-3-4-8-13-17-15(16)12-11-14-9-6-5-7-10-14/h5-7,9-10H,2-4,8,11-13H2,1H3. The molecule has 1 rings (SSSR count). The van der Waals surface area contributed by atoms with Crippen LogP contribution in [0.1, 0.15) is 44.6 Å². The number of hydrogen-bond donors (Lipinski definition) is 0. The van der Waals surface area contributed by atoms with Gasteiger partial charge in [-0.25, -0.2) is 0 Å².